The van der Waals surface area contributed by atoms with Gasteiger partial charge in [-0.2, -0.15) is 0 Å². The predicted molar refractivity (Wildman–Crippen MR) is 145 cm³/mol. The number of carbonyl (C=O) groups excluding carboxylic acids is 2. The second-order valence-corrected chi connectivity index (χ2v) is 9.24. The van der Waals surface area contributed by atoms with Gasteiger partial charge in [0.25, 0.3) is 0 Å². The number of hydrogen-bond donors (Lipinski definition) is 1. The van der Waals surface area contributed by atoms with Gasteiger partial charge in [0, 0.05) is 31.1 Å². The number of aromatic nitrogens is 2. The molecule has 1 heterocycles. The zero-order valence-electron chi connectivity index (χ0n) is 21.1. The van der Waals surface area contributed by atoms with Crippen LogP contribution in [-0.2, 0) is 29.0 Å². The zero-order chi connectivity index (χ0) is 25.3. The summed E-state index contributed by atoms with van der Waals surface area (Å²) in [5.74, 6) is 0.938. The van der Waals surface area contributed by atoms with Crippen LogP contribution in [0.4, 0.5) is 5.69 Å². The van der Waals surface area contributed by atoms with Crippen LogP contribution in [0.15, 0.2) is 84.9 Å². The van der Waals surface area contributed by atoms with Crippen molar-refractivity contribution >= 4 is 28.5 Å². The molecule has 36 heavy (non-hydrogen) atoms. The van der Waals surface area contributed by atoms with Gasteiger partial charge in [0.1, 0.15) is 12.4 Å². The molecule has 4 rings (SSSR count). The van der Waals surface area contributed by atoms with Crippen molar-refractivity contribution in [1.29, 1.82) is 0 Å². The number of para-hydroxylation sites is 3. The predicted octanol–water partition coefficient (Wildman–Crippen LogP) is 5.16. The van der Waals surface area contributed by atoms with Gasteiger partial charge < -0.3 is 14.8 Å². The van der Waals surface area contributed by atoms with E-state index >= 15 is 0 Å². The number of imidazole rings is 1. The summed E-state index contributed by atoms with van der Waals surface area (Å²) in [6.45, 7) is 4.84. The van der Waals surface area contributed by atoms with Crippen LogP contribution in [-0.4, -0.2) is 34.0 Å². The standard InChI is InChI=1S/C30H34N4O2/c1-23(2)34(25-14-7-4-8-15-25)30(36)22-33-27-17-10-9-16-26(27)32-28(33)18-11-21-31-29(35)20-19-24-12-5-3-6-13-24/h3-10,12-17,23H,11,18-22H2,1-2H3,(H,31,35). The van der Waals surface area contributed by atoms with Crippen molar-refractivity contribution in [2.24, 2.45) is 0 Å². The first kappa shape index (κ1) is 25.2. The van der Waals surface area contributed by atoms with E-state index in [9.17, 15) is 9.59 Å². The maximum absolute atomic E-state index is 13.5. The normalized spacial score (nSPS) is 11.1. The molecule has 0 aliphatic rings. The molecule has 186 valence electrons. The first-order valence-corrected chi connectivity index (χ1v) is 12.6. The van der Waals surface area contributed by atoms with Crippen LogP contribution < -0.4 is 10.2 Å². The van der Waals surface area contributed by atoms with Crippen LogP contribution in [0.3, 0.4) is 0 Å². The van der Waals surface area contributed by atoms with Gasteiger partial charge in [-0.15, -0.1) is 0 Å². The van der Waals surface area contributed by atoms with Gasteiger partial charge >= 0.3 is 0 Å². The second kappa shape index (κ2) is 12.2. The molecule has 6 nitrogen and oxygen atoms in total. The quantitative estimate of drug-likeness (QED) is 0.300. The summed E-state index contributed by atoms with van der Waals surface area (Å²) in [5, 5.41) is 3.02. The molecule has 3 aromatic carbocycles. The average molecular weight is 483 g/mol. The molecule has 0 unspecified atom stereocenters. The monoisotopic (exact) mass is 482 g/mol. The molecule has 1 N–H and O–H groups in total. The number of nitrogens with zero attached hydrogens (tertiary/aromatic N) is 3. The lowest BCUT2D eigenvalue weighted by molar-refractivity contribution is -0.121. The Labute approximate surface area is 213 Å². The molecule has 0 aliphatic heterocycles. The third-order valence-corrected chi connectivity index (χ3v) is 6.23. The van der Waals surface area contributed by atoms with Crippen molar-refractivity contribution in [3.63, 3.8) is 0 Å². The number of hydrogen-bond acceptors (Lipinski definition) is 3. The number of benzene rings is 3. The SMILES string of the molecule is CC(C)N(C(=O)Cn1c(CCCNC(=O)CCc2ccccc2)nc2ccccc21)c1ccccc1. The van der Waals surface area contributed by atoms with Crippen molar-refractivity contribution in [3.05, 3.63) is 96.3 Å². The number of amides is 2. The number of fused-ring (bicyclic) bond motifs is 1. The molecule has 0 radical (unpaired) electrons. The third-order valence-electron chi connectivity index (χ3n) is 6.23. The fraction of sp³-hybridized carbons (Fsp3) is 0.300. The van der Waals surface area contributed by atoms with Crippen LogP contribution >= 0.6 is 0 Å². The minimum absolute atomic E-state index is 0.0230. The lowest BCUT2D eigenvalue weighted by Gasteiger charge is -2.27. The van der Waals surface area contributed by atoms with E-state index in [1.165, 1.54) is 0 Å². The molecule has 0 aliphatic carbocycles. The van der Waals surface area contributed by atoms with Gasteiger partial charge in [-0.1, -0.05) is 60.7 Å². The van der Waals surface area contributed by atoms with E-state index in [0.717, 1.165) is 41.0 Å². The van der Waals surface area contributed by atoms with Crippen molar-refractivity contribution in [1.82, 2.24) is 14.9 Å². The number of anilines is 1. The highest BCUT2D eigenvalue weighted by atomic mass is 16.2. The first-order valence-electron chi connectivity index (χ1n) is 12.6. The number of carbonyl (C=O) groups is 2. The molecule has 6 heteroatoms. The van der Waals surface area contributed by atoms with Gasteiger partial charge in [0.15, 0.2) is 0 Å². The van der Waals surface area contributed by atoms with E-state index in [-0.39, 0.29) is 24.4 Å². The molecule has 0 saturated carbocycles. The fourth-order valence-electron chi connectivity index (χ4n) is 4.49. The Hall–Kier alpha value is -3.93. The topological polar surface area (TPSA) is 67.2 Å². The molecule has 0 saturated heterocycles. The summed E-state index contributed by atoms with van der Waals surface area (Å²) in [6.07, 6.45) is 2.63. The molecular formula is C30H34N4O2. The Balaban J connectivity index is 1.40. The van der Waals surface area contributed by atoms with E-state index in [1.807, 2.05) is 108 Å². The highest BCUT2D eigenvalue weighted by molar-refractivity contribution is 5.94. The second-order valence-electron chi connectivity index (χ2n) is 9.24. The summed E-state index contributed by atoms with van der Waals surface area (Å²) >= 11 is 0. The minimum atomic E-state index is 0.0230. The Morgan fingerprint density at radius 1 is 0.889 bits per heavy atom. The van der Waals surface area contributed by atoms with Crippen molar-refractivity contribution < 1.29 is 9.59 Å². The molecule has 0 fully saturated rings. The fourth-order valence-corrected chi connectivity index (χ4v) is 4.49. The molecule has 0 spiro atoms. The van der Waals surface area contributed by atoms with Gasteiger partial charge in [-0.05, 0) is 56.5 Å². The largest absolute Gasteiger partial charge is 0.356 e. The number of aryl methyl sites for hydroxylation is 2. The van der Waals surface area contributed by atoms with Gasteiger partial charge in [-0.3, -0.25) is 9.59 Å². The van der Waals surface area contributed by atoms with E-state index in [0.29, 0.717) is 19.4 Å². The zero-order valence-corrected chi connectivity index (χ0v) is 21.1. The molecule has 0 atom stereocenters. The van der Waals surface area contributed by atoms with Crippen molar-refractivity contribution in [2.75, 3.05) is 11.4 Å². The van der Waals surface area contributed by atoms with E-state index in [2.05, 4.69) is 5.32 Å². The van der Waals surface area contributed by atoms with Crippen LogP contribution in [0.25, 0.3) is 11.0 Å². The summed E-state index contributed by atoms with van der Waals surface area (Å²) in [6, 6.07) is 27.8. The van der Waals surface area contributed by atoms with Crippen LogP contribution in [0, 0.1) is 0 Å². The van der Waals surface area contributed by atoms with E-state index in [4.69, 9.17) is 4.98 Å². The summed E-state index contributed by atoms with van der Waals surface area (Å²) in [7, 11) is 0. The number of rotatable bonds is 11. The van der Waals surface area contributed by atoms with Gasteiger partial charge in [-0.25, -0.2) is 4.98 Å². The number of nitrogens with one attached hydrogen (secondary N) is 1. The maximum atomic E-state index is 13.5. The molecule has 1 aromatic heterocycles. The lowest BCUT2D eigenvalue weighted by Crippen LogP contribution is -2.39. The van der Waals surface area contributed by atoms with Gasteiger partial charge in [0.05, 0.1) is 11.0 Å². The Bertz CT molecular complexity index is 1280. The minimum Gasteiger partial charge on any atom is -0.356 e. The van der Waals surface area contributed by atoms with Crippen LogP contribution in [0.1, 0.15) is 38.1 Å². The Morgan fingerprint density at radius 2 is 1.56 bits per heavy atom. The molecule has 0 bridgehead atoms. The molecule has 4 aromatic rings. The van der Waals surface area contributed by atoms with Crippen LogP contribution in [0.2, 0.25) is 0 Å². The summed E-state index contributed by atoms with van der Waals surface area (Å²) in [5.41, 5.74) is 3.88. The Morgan fingerprint density at radius 3 is 2.28 bits per heavy atom. The van der Waals surface area contributed by atoms with E-state index in [1.54, 1.807) is 0 Å². The maximum Gasteiger partial charge on any atom is 0.247 e. The third kappa shape index (κ3) is 6.39. The Kier molecular flexibility index (Phi) is 8.50. The van der Waals surface area contributed by atoms with Crippen molar-refractivity contribution in [2.45, 2.75) is 52.1 Å². The smallest absolute Gasteiger partial charge is 0.247 e. The average Bonchev–Trinajstić information content (AvgIpc) is 3.23. The lowest BCUT2D eigenvalue weighted by atomic mass is 10.1. The summed E-state index contributed by atoms with van der Waals surface area (Å²) in [4.78, 5) is 32.4. The summed E-state index contributed by atoms with van der Waals surface area (Å²) < 4.78 is 2.02. The van der Waals surface area contributed by atoms with Gasteiger partial charge in [0.2, 0.25) is 11.8 Å². The highest BCUT2D eigenvalue weighted by Crippen LogP contribution is 2.21. The van der Waals surface area contributed by atoms with E-state index < -0.39 is 0 Å². The molecule has 2 amide bonds. The molecular weight excluding hydrogens is 448 g/mol. The first-order chi connectivity index (χ1) is 17.5. The van der Waals surface area contributed by atoms with Crippen LogP contribution in [0.5, 0.6) is 0 Å². The highest BCUT2D eigenvalue weighted by Gasteiger charge is 2.21. The van der Waals surface area contributed by atoms with Crippen molar-refractivity contribution in [3.8, 4) is 0 Å².